The Bertz CT molecular complexity index is 477. The monoisotopic (exact) mass is 299 g/mol. The molecule has 0 aromatic carbocycles. The van der Waals surface area contributed by atoms with Gasteiger partial charge in [-0.2, -0.15) is 4.98 Å². The third-order valence-corrected chi connectivity index (χ3v) is 2.76. The molecule has 0 aliphatic carbocycles. The molecule has 118 valence electrons. The fourth-order valence-electron chi connectivity index (χ4n) is 1.87. The molecule has 0 saturated heterocycles. The highest BCUT2D eigenvalue weighted by Crippen LogP contribution is 2.27. The minimum Gasteiger partial charge on any atom is -0.396 e. The van der Waals surface area contributed by atoms with Crippen LogP contribution in [-0.4, -0.2) is 52.9 Å². The first kappa shape index (κ1) is 17.1. The Balaban J connectivity index is 3.13. The lowest BCUT2D eigenvalue weighted by molar-refractivity contribution is -0.385. The molecule has 1 aromatic heterocycles. The van der Waals surface area contributed by atoms with Gasteiger partial charge in [-0.3, -0.25) is 10.1 Å². The molecule has 0 radical (unpaired) electrons. The Morgan fingerprint density at radius 3 is 2.71 bits per heavy atom. The summed E-state index contributed by atoms with van der Waals surface area (Å²) in [4.78, 5) is 18.9. The summed E-state index contributed by atoms with van der Waals surface area (Å²) in [5, 5.41) is 26.1. The number of anilines is 2. The summed E-state index contributed by atoms with van der Waals surface area (Å²) in [5.74, 6) is 0.446. The number of methoxy groups -OCH3 is 1. The highest BCUT2D eigenvalue weighted by Gasteiger charge is 2.24. The Morgan fingerprint density at radius 1 is 1.48 bits per heavy atom. The van der Waals surface area contributed by atoms with Gasteiger partial charge in [0.2, 0.25) is 11.8 Å². The maximum absolute atomic E-state index is 11.2. The van der Waals surface area contributed by atoms with Crippen molar-refractivity contribution in [2.45, 2.75) is 26.3 Å². The zero-order valence-electron chi connectivity index (χ0n) is 12.4. The molecule has 1 unspecified atom stereocenters. The molecule has 0 saturated carbocycles. The number of aromatic nitrogens is 2. The first-order valence-corrected chi connectivity index (χ1v) is 6.66. The van der Waals surface area contributed by atoms with E-state index in [1.807, 2.05) is 6.92 Å². The van der Waals surface area contributed by atoms with Crippen LogP contribution in [0.25, 0.3) is 0 Å². The number of hydrogen-bond acceptors (Lipinski definition) is 8. The van der Waals surface area contributed by atoms with Gasteiger partial charge >= 0.3 is 5.69 Å². The molecule has 0 amide bonds. The molecule has 0 aliphatic heterocycles. The summed E-state index contributed by atoms with van der Waals surface area (Å²) < 4.78 is 5.03. The zero-order chi connectivity index (χ0) is 15.8. The van der Waals surface area contributed by atoms with Crippen molar-refractivity contribution in [1.82, 2.24) is 9.97 Å². The number of ether oxygens (including phenoxy) is 1. The van der Waals surface area contributed by atoms with Crippen molar-refractivity contribution in [3.8, 4) is 0 Å². The maximum atomic E-state index is 11.2. The maximum Gasteiger partial charge on any atom is 0.332 e. The molecule has 0 fully saturated rings. The van der Waals surface area contributed by atoms with Gasteiger partial charge in [0, 0.05) is 20.3 Å². The Labute approximate surface area is 122 Å². The lowest BCUT2D eigenvalue weighted by atomic mass is 10.2. The molecular weight excluding hydrogens is 278 g/mol. The SMILES string of the molecule is CCNc1nc(C)c([N+](=O)[O-])c(NC(CCO)COC)n1. The van der Waals surface area contributed by atoms with E-state index in [-0.39, 0.29) is 29.8 Å². The topological polar surface area (TPSA) is 122 Å². The number of aliphatic hydroxyl groups excluding tert-OH is 1. The Kier molecular flexibility index (Phi) is 6.76. The van der Waals surface area contributed by atoms with Crippen LogP contribution in [0.3, 0.4) is 0 Å². The summed E-state index contributed by atoms with van der Waals surface area (Å²) in [6.07, 6.45) is 0.393. The predicted octanol–water partition coefficient (Wildman–Crippen LogP) is 0.934. The standard InChI is InChI=1S/C12H21N5O4/c1-4-13-12-14-8(2)10(17(19)20)11(16-12)15-9(5-6-18)7-21-3/h9,18H,4-7H2,1-3H3,(H2,13,14,15,16). The molecule has 1 rings (SSSR count). The Morgan fingerprint density at radius 2 is 2.19 bits per heavy atom. The molecule has 0 aliphatic rings. The second-order valence-electron chi connectivity index (χ2n) is 4.43. The fourth-order valence-corrected chi connectivity index (χ4v) is 1.87. The normalized spacial score (nSPS) is 12.0. The Hall–Kier alpha value is -2.00. The van der Waals surface area contributed by atoms with Gasteiger partial charge < -0.3 is 20.5 Å². The van der Waals surface area contributed by atoms with Crippen LogP contribution in [-0.2, 0) is 4.74 Å². The van der Waals surface area contributed by atoms with Gasteiger partial charge in [0.25, 0.3) is 0 Å². The molecule has 9 heteroatoms. The number of nitrogens with one attached hydrogen (secondary N) is 2. The van der Waals surface area contributed by atoms with E-state index in [1.165, 1.54) is 7.11 Å². The van der Waals surface area contributed by atoms with Crippen molar-refractivity contribution >= 4 is 17.5 Å². The van der Waals surface area contributed by atoms with Crippen molar-refractivity contribution in [2.24, 2.45) is 0 Å². The minimum absolute atomic E-state index is 0.0566. The van der Waals surface area contributed by atoms with Crippen molar-refractivity contribution < 1.29 is 14.8 Å². The van der Waals surface area contributed by atoms with E-state index < -0.39 is 4.92 Å². The van der Waals surface area contributed by atoms with Crippen LogP contribution in [0.1, 0.15) is 19.0 Å². The summed E-state index contributed by atoms with van der Waals surface area (Å²) in [6.45, 7) is 4.29. The molecule has 1 aromatic rings. The van der Waals surface area contributed by atoms with E-state index in [1.54, 1.807) is 6.92 Å². The quantitative estimate of drug-likeness (QED) is 0.454. The fraction of sp³-hybridized carbons (Fsp3) is 0.667. The number of nitrogens with zero attached hydrogens (tertiary/aromatic N) is 3. The van der Waals surface area contributed by atoms with E-state index in [0.717, 1.165) is 0 Å². The number of aryl methyl sites for hydroxylation is 1. The molecular formula is C12H21N5O4. The third-order valence-electron chi connectivity index (χ3n) is 2.76. The average molecular weight is 299 g/mol. The van der Waals surface area contributed by atoms with Gasteiger partial charge in [-0.25, -0.2) is 4.98 Å². The second kappa shape index (κ2) is 8.32. The van der Waals surface area contributed by atoms with Crippen molar-refractivity contribution in [3.63, 3.8) is 0 Å². The summed E-state index contributed by atoms with van der Waals surface area (Å²) in [5.41, 5.74) is 0.101. The van der Waals surface area contributed by atoms with Crippen LogP contribution >= 0.6 is 0 Å². The average Bonchev–Trinajstić information content (AvgIpc) is 2.38. The largest absolute Gasteiger partial charge is 0.396 e. The van der Waals surface area contributed by atoms with E-state index in [4.69, 9.17) is 9.84 Å². The smallest absolute Gasteiger partial charge is 0.332 e. The van der Waals surface area contributed by atoms with Gasteiger partial charge in [-0.05, 0) is 20.3 Å². The molecule has 0 bridgehead atoms. The van der Waals surface area contributed by atoms with Gasteiger partial charge in [0.1, 0.15) is 5.69 Å². The summed E-state index contributed by atoms with van der Waals surface area (Å²) in [6, 6.07) is -0.275. The first-order chi connectivity index (χ1) is 10.0. The molecule has 21 heavy (non-hydrogen) atoms. The predicted molar refractivity (Wildman–Crippen MR) is 78.6 cm³/mol. The van der Waals surface area contributed by atoms with Crippen LogP contribution < -0.4 is 10.6 Å². The van der Waals surface area contributed by atoms with Gasteiger partial charge in [-0.1, -0.05) is 0 Å². The molecule has 1 atom stereocenters. The van der Waals surface area contributed by atoms with Crippen LogP contribution in [0, 0.1) is 17.0 Å². The van der Waals surface area contributed by atoms with Gasteiger partial charge in [0.05, 0.1) is 17.6 Å². The van der Waals surface area contributed by atoms with Crippen molar-refractivity contribution in [3.05, 3.63) is 15.8 Å². The lowest BCUT2D eigenvalue weighted by Gasteiger charge is -2.18. The van der Waals surface area contributed by atoms with Crippen molar-refractivity contribution in [2.75, 3.05) is 37.5 Å². The zero-order valence-corrected chi connectivity index (χ0v) is 12.4. The minimum atomic E-state index is -0.518. The van der Waals surface area contributed by atoms with E-state index >= 15 is 0 Å². The van der Waals surface area contributed by atoms with Crippen LogP contribution in [0.2, 0.25) is 0 Å². The number of aliphatic hydroxyl groups is 1. The number of hydrogen-bond donors (Lipinski definition) is 3. The van der Waals surface area contributed by atoms with Gasteiger partial charge in [0.15, 0.2) is 0 Å². The molecule has 3 N–H and O–H groups in total. The third kappa shape index (κ3) is 4.80. The molecule has 9 nitrogen and oxygen atoms in total. The second-order valence-corrected chi connectivity index (χ2v) is 4.43. The number of nitro groups is 1. The highest BCUT2D eigenvalue weighted by atomic mass is 16.6. The molecule has 1 heterocycles. The highest BCUT2D eigenvalue weighted by molar-refractivity contribution is 5.61. The lowest BCUT2D eigenvalue weighted by Crippen LogP contribution is -2.27. The number of rotatable bonds is 9. The van der Waals surface area contributed by atoms with Crippen LogP contribution in [0.4, 0.5) is 17.5 Å². The van der Waals surface area contributed by atoms with E-state index in [2.05, 4.69) is 20.6 Å². The summed E-state index contributed by atoms with van der Waals surface area (Å²) in [7, 11) is 1.52. The van der Waals surface area contributed by atoms with E-state index in [0.29, 0.717) is 25.5 Å². The first-order valence-electron chi connectivity index (χ1n) is 6.66. The van der Waals surface area contributed by atoms with Crippen LogP contribution in [0.5, 0.6) is 0 Å². The van der Waals surface area contributed by atoms with Gasteiger partial charge in [-0.15, -0.1) is 0 Å². The summed E-state index contributed by atoms with van der Waals surface area (Å²) >= 11 is 0. The van der Waals surface area contributed by atoms with E-state index in [9.17, 15) is 10.1 Å². The molecule has 0 spiro atoms. The van der Waals surface area contributed by atoms with Crippen LogP contribution in [0.15, 0.2) is 0 Å². The van der Waals surface area contributed by atoms with Crippen molar-refractivity contribution in [1.29, 1.82) is 0 Å².